The normalized spacial score (nSPS) is 13.6. The number of ketones is 1. The lowest BCUT2D eigenvalue weighted by Crippen LogP contribution is -2.35. The van der Waals surface area contributed by atoms with Crippen molar-refractivity contribution < 1.29 is 18.0 Å². The quantitative estimate of drug-likeness (QED) is 0.624. The lowest BCUT2D eigenvalue weighted by atomic mass is 10.0. The van der Waals surface area contributed by atoms with Crippen molar-refractivity contribution in [2.24, 2.45) is 0 Å². The second-order valence-corrected chi connectivity index (χ2v) is 7.12. The molecule has 3 heterocycles. The number of pyridine rings is 1. The van der Waals surface area contributed by atoms with Crippen LogP contribution in [0.2, 0.25) is 0 Å². The molecule has 0 fully saturated rings. The Hall–Kier alpha value is -3.80. The van der Waals surface area contributed by atoms with Gasteiger partial charge in [-0.05, 0) is 24.6 Å². The summed E-state index contributed by atoms with van der Waals surface area (Å²) < 4.78 is 40.4. The Morgan fingerprint density at radius 1 is 1.16 bits per heavy atom. The van der Waals surface area contributed by atoms with Crippen LogP contribution in [0.4, 0.5) is 19.0 Å². The van der Waals surface area contributed by atoms with Gasteiger partial charge in [0.25, 0.3) is 0 Å². The molecule has 9 heteroatoms. The number of hydrogen-bond donors (Lipinski definition) is 0. The van der Waals surface area contributed by atoms with E-state index in [1.165, 1.54) is 6.92 Å². The van der Waals surface area contributed by atoms with Gasteiger partial charge in [0.05, 0.1) is 22.9 Å². The summed E-state index contributed by atoms with van der Waals surface area (Å²) in [6.07, 6.45) is -3.18. The number of nitrogens with zero attached hydrogens (tertiary/aromatic N) is 5. The molecule has 4 rings (SSSR count). The summed E-state index contributed by atoms with van der Waals surface area (Å²) in [4.78, 5) is 26.0. The fraction of sp³-hybridized carbons (Fsp3) is 0.227. The van der Waals surface area contributed by atoms with Crippen molar-refractivity contribution in [3.8, 4) is 17.3 Å². The Balaban J connectivity index is 1.66. The van der Waals surface area contributed by atoms with Gasteiger partial charge in [0, 0.05) is 31.3 Å². The number of fused-ring (bicyclic) bond motifs is 1. The number of anilines is 1. The van der Waals surface area contributed by atoms with Gasteiger partial charge < -0.3 is 4.90 Å². The van der Waals surface area contributed by atoms with E-state index in [1.807, 2.05) is 6.07 Å². The average molecular weight is 423 g/mol. The van der Waals surface area contributed by atoms with Crippen LogP contribution in [0.15, 0.2) is 42.6 Å². The minimum absolute atomic E-state index is 0.00465. The van der Waals surface area contributed by atoms with Crippen LogP contribution in [0.5, 0.6) is 0 Å². The highest BCUT2D eigenvalue weighted by atomic mass is 19.4. The smallest absolute Gasteiger partial charge is 0.351 e. The third kappa shape index (κ3) is 3.97. The number of carbonyl (C=O) groups is 1. The molecule has 0 atom stereocenters. The van der Waals surface area contributed by atoms with Gasteiger partial charge in [-0.3, -0.25) is 9.78 Å². The van der Waals surface area contributed by atoms with Gasteiger partial charge in [-0.15, -0.1) is 0 Å². The van der Waals surface area contributed by atoms with Crippen molar-refractivity contribution in [1.82, 2.24) is 15.0 Å². The third-order valence-corrected chi connectivity index (χ3v) is 4.98. The van der Waals surface area contributed by atoms with E-state index in [0.717, 1.165) is 5.56 Å². The molecule has 31 heavy (non-hydrogen) atoms. The topological polar surface area (TPSA) is 82.8 Å². The van der Waals surface area contributed by atoms with E-state index in [9.17, 15) is 23.2 Å². The monoisotopic (exact) mass is 423 g/mol. The number of halogens is 3. The molecule has 1 aliphatic heterocycles. The molecule has 6 nitrogen and oxygen atoms in total. The van der Waals surface area contributed by atoms with Crippen LogP contribution in [0.3, 0.4) is 0 Å². The number of carbonyl (C=O) groups excluding carboxylic acids is 1. The van der Waals surface area contributed by atoms with E-state index in [2.05, 4.69) is 21.0 Å². The summed E-state index contributed by atoms with van der Waals surface area (Å²) in [7, 11) is 0. The highest BCUT2D eigenvalue weighted by Gasteiger charge is 2.41. The molecular weight excluding hydrogens is 407 g/mol. The summed E-state index contributed by atoms with van der Waals surface area (Å²) in [5, 5.41) is 9.26. The van der Waals surface area contributed by atoms with Crippen molar-refractivity contribution in [3.05, 3.63) is 70.8 Å². The van der Waals surface area contributed by atoms with E-state index in [1.54, 1.807) is 41.4 Å². The van der Waals surface area contributed by atoms with Crippen LogP contribution in [-0.4, -0.2) is 27.3 Å². The van der Waals surface area contributed by atoms with Gasteiger partial charge >= 0.3 is 6.18 Å². The molecule has 1 aliphatic rings. The van der Waals surface area contributed by atoms with Gasteiger partial charge in [0.1, 0.15) is 11.6 Å². The van der Waals surface area contributed by atoms with Crippen LogP contribution < -0.4 is 4.90 Å². The zero-order valence-corrected chi connectivity index (χ0v) is 16.4. The Morgan fingerprint density at radius 2 is 1.94 bits per heavy atom. The van der Waals surface area contributed by atoms with Crippen LogP contribution in [0.25, 0.3) is 11.3 Å². The second kappa shape index (κ2) is 7.80. The molecule has 0 saturated heterocycles. The van der Waals surface area contributed by atoms with Crippen molar-refractivity contribution >= 4 is 11.6 Å². The lowest BCUT2D eigenvalue weighted by molar-refractivity contribution is -0.141. The minimum Gasteiger partial charge on any atom is -0.351 e. The molecule has 3 aromatic rings. The van der Waals surface area contributed by atoms with E-state index in [-0.39, 0.29) is 31.2 Å². The number of nitriles is 1. The minimum atomic E-state index is -4.74. The van der Waals surface area contributed by atoms with Gasteiger partial charge in [0.15, 0.2) is 11.5 Å². The number of aromatic nitrogens is 3. The van der Waals surface area contributed by atoms with Crippen molar-refractivity contribution in [2.45, 2.75) is 26.1 Å². The Labute approximate surface area is 176 Å². The van der Waals surface area contributed by atoms with Crippen molar-refractivity contribution in [3.63, 3.8) is 0 Å². The first kappa shape index (κ1) is 20.5. The fourth-order valence-corrected chi connectivity index (χ4v) is 3.57. The number of aryl methyl sites for hydroxylation is 1. The van der Waals surface area contributed by atoms with Gasteiger partial charge in [0.2, 0.25) is 0 Å². The van der Waals surface area contributed by atoms with E-state index >= 15 is 0 Å². The van der Waals surface area contributed by atoms with E-state index in [4.69, 9.17) is 0 Å². The van der Waals surface area contributed by atoms with Gasteiger partial charge in [-0.25, -0.2) is 9.97 Å². The molecule has 0 N–H and O–H groups in total. The molecule has 0 unspecified atom stereocenters. The number of benzene rings is 1. The summed E-state index contributed by atoms with van der Waals surface area (Å²) in [6.45, 7) is 1.86. The van der Waals surface area contributed by atoms with E-state index < -0.39 is 23.2 Å². The zero-order valence-electron chi connectivity index (χ0n) is 16.4. The molecule has 0 aliphatic carbocycles. The third-order valence-electron chi connectivity index (χ3n) is 4.98. The van der Waals surface area contributed by atoms with Crippen LogP contribution in [-0.2, 0) is 12.7 Å². The maximum Gasteiger partial charge on any atom is 0.434 e. The summed E-state index contributed by atoms with van der Waals surface area (Å²) in [5.74, 6) is -0.664. The van der Waals surface area contributed by atoms with Crippen LogP contribution >= 0.6 is 0 Å². The first-order valence-corrected chi connectivity index (χ1v) is 9.46. The summed E-state index contributed by atoms with van der Waals surface area (Å²) in [6, 6.07) is 12.8. The molecule has 0 radical (unpaired) electrons. The molecule has 0 spiro atoms. The Kier molecular flexibility index (Phi) is 5.15. The average Bonchev–Trinajstić information content (AvgIpc) is 2.75. The van der Waals surface area contributed by atoms with Crippen molar-refractivity contribution in [2.75, 3.05) is 11.4 Å². The molecule has 1 aromatic carbocycles. The van der Waals surface area contributed by atoms with E-state index in [0.29, 0.717) is 16.8 Å². The standard InChI is InChI=1S/C22H16F3N5O/c1-13-28-20(22(23,24)25)19-18(31)8-9-30(21(19)29-13)12-14-6-7-17(27-11-14)16-5-3-2-4-15(16)10-26/h2-7,11H,8-9,12H2,1H3. The second-order valence-electron chi connectivity index (χ2n) is 7.12. The lowest BCUT2D eigenvalue weighted by Gasteiger charge is -2.30. The Bertz CT molecular complexity index is 1200. The first-order valence-electron chi connectivity index (χ1n) is 9.46. The first-order chi connectivity index (χ1) is 14.8. The van der Waals surface area contributed by atoms with Crippen molar-refractivity contribution in [1.29, 1.82) is 5.26 Å². The highest BCUT2D eigenvalue weighted by Crippen LogP contribution is 2.37. The molecule has 0 amide bonds. The number of rotatable bonds is 3. The summed E-state index contributed by atoms with van der Waals surface area (Å²) in [5.41, 5.74) is 0.890. The number of Topliss-reactive ketones (excluding diaryl/α,β-unsaturated/α-hetero) is 1. The fourth-order valence-electron chi connectivity index (χ4n) is 3.57. The molecule has 156 valence electrons. The number of alkyl halides is 3. The largest absolute Gasteiger partial charge is 0.434 e. The van der Waals surface area contributed by atoms with Crippen LogP contribution in [0, 0.1) is 18.3 Å². The number of hydrogen-bond acceptors (Lipinski definition) is 6. The zero-order chi connectivity index (χ0) is 22.2. The van der Waals surface area contributed by atoms with Gasteiger partial charge in [-0.2, -0.15) is 18.4 Å². The summed E-state index contributed by atoms with van der Waals surface area (Å²) >= 11 is 0. The van der Waals surface area contributed by atoms with Gasteiger partial charge in [-0.1, -0.05) is 24.3 Å². The predicted octanol–water partition coefficient (Wildman–Crippen LogP) is 4.33. The predicted molar refractivity (Wildman–Crippen MR) is 106 cm³/mol. The maximum absolute atomic E-state index is 13.5. The Morgan fingerprint density at radius 3 is 2.61 bits per heavy atom. The molecule has 2 aromatic heterocycles. The molecular formula is C22H16F3N5O. The molecule has 0 bridgehead atoms. The molecule has 0 saturated carbocycles. The SMILES string of the molecule is Cc1nc2c(c(C(F)(F)F)n1)C(=O)CCN2Cc1ccc(-c2ccccc2C#N)nc1. The van der Waals surface area contributed by atoms with Crippen LogP contribution in [0.1, 0.15) is 39.4 Å². The highest BCUT2D eigenvalue weighted by molar-refractivity contribution is 6.03. The maximum atomic E-state index is 13.5.